The van der Waals surface area contributed by atoms with Crippen molar-refractivity contribution in [2.75, 3.05) is 0 Å². The van der Waals surface area contributed by atoms with Gasteiger partial charge in [0.1, 0.15) is 4.90 Å². The molecule has 0 bridgehead atoms. The quantitative estimate of drug-likeness (QED) is 0.763. The fourth-order valence-corrected chi connectivity index (χ4v) is 3.94. The molecule has 0 saturated heterocycles. The molecule has 22 heavy (non-hydrogen) atoms. The number of thiophene rings is 1. The van der Waals surface area contributed by atoms with Crippen molar-refractivity contribution in [3.63, 3.8) is 0 Å². The van der Waals surface area contributed by atoms with E-state index in [4.69, 9.17) is 11.6 Å². The Hall–Kier alpha value is -1.74. The number of nitrogens with zero attached hydrogens (tertiary/aromatic N) is 3. The van der Waals surface area contributed by atoms with Crippen LogP contribution < -0.4 is 4.72 Å². The lowest BCUT2D eigenvalue weighted by Gasteiger charge is -2.06. The Morgan fingerprint density at radius 2 is 2.09 bits per heavy atom. The van der Waals surface area contributed by atoms with E-state index in [1.54, 1.807) is 34.3 Å². The van der Waals surface area contributed by atoms with Gasteiger partial charge in [-0.15, -0.1) is 5.10 Å². The van der Waals surface area contributed by atoms with Crippen LogP contribution in [0.15, 0.2) is 52.2 Å². The summed E-state index contributed by atoms with van der Waals surface area (Å²) >= 11 is 7.46. The third kappa shape index (κ3) is 3.20. The van der Waals surface area contributed by atoms with Crippen LogP contribution in [0, 0.1) is 0 Å². The van der Waals surface area contributed by atoms with Crippen molar-refractivity contribution in [3.05, 3.63) is 58.0 Å². The highest BCUT2D eigenvalue weighted by Crippen LogP contribution is 2.20. The Bertz CT molecular complexity index is 875. The number of rotatable bonds is 5. The van der Waals surface area contributed by atoms with Gasteiger partial charge in [-0.1, -0.05) is 28.9 Å². The average molecular weight is 355 g/mol. The van der Waals surface area contributed by atoms with Crippen molar-refractivity contribution < 1.29 is 8.42 Å². The summed E-state index contributed by atoms with van der Waals surface area (Å²) in [6, 6.07) is 8.17. The van der Waals surface area contributed by atoms with E-state index in [0.717, 1.165) is 5.69 Å². The molecule has 0 aliphatic rings. The second-order valence-corrected chi connectivity index (χ2v) is 7.31. The standard InChI is InChI=1S/C13H11ClN4O2S2/c14-12-3-1-2-4-13(12)22(19,20)15-7-10-8-18(17-16-10)11-5-6-21-9-11/h1-6,8-9,15H,7H2. The van der Waals surface area contributed by atoms with Gasteiger partial charge in [-0.05, 0) is 23.6 Å². The minimum absolute atomic E-state index is 0.0394. The van der Waals surface area contributed by atoms with Gasteiger partial charge in [0.2, 0.25) is 10.0 Å². The second-order valence-electron chi connectivity index (χ2n) is 4.39. The normalized spacial score (nSPS) is 11.7. The van der Waals surface area contributed by atoms with Gasteiger partial charge in [-0.3, -0.25) is 0 Å². The lowest BCUT2D eigenvalue weighted by molar-refractivity contribution is 0.580. The SMILES string of the molecule is O=S(=O)(NCc1cn(-c2ccsc2)nn1)c1ccccc1Cl. The first kappa shape index (κ1) is 15.2. The van der Waals surface area contributed by atoms with E-state index in [0.29, 0.717) is 5.69 Å². The van der Waals surface area contributed by atoms with Crippen molar-refractivity contribution in [1.82, 2.24) is 19.7 Å². The van der Waals surface area contributed by atoms with Crippen LogP contribution in [-0.4, -0.2) is 23.4 Å². The highest BCUT2D eigenvalue weighted by Gasteiger charge is 2.17. The van der Waals surface area contributed by atoms with Gasteiger partial charge in [0, 0.05) is 5.38 Å². The third-order valence-electron chi connectivity index (χ3n) is 2.88. The maximum absolute atomic E-state index is 12.2. The molecule has 0 atom stereocenters. The molecule has 0 aliphatic carbocycles. The van der Waals surface area contributed by atoms with E-state index >= 15 is 0 Å². The monoisotopic (exact) mass is 354 g/mol. The van der Waals surface area contributed by atoms with Crippen molar-refractivity contribution in [3.8, 4) is 5.69 Å². The zero-order valence-corrected chi connectivity index (χ0v) is 13.6. The molecule has 1 N–H and O–H groups in total. The molecule has 6 nitrogen and oxygen atoms in total. The molecule has 0 amide bonds. The summed E-state index contributed by atoms with van der Waals surface area (Å²) in [4.78, 5) is 0.0434. The molecule has 9 heteroatoms. The molecular weight excluding hydrogens is 344 g/mol. The van der Waals surface area contributed by atoms with Gasteiger partial charge in [-0.25, -0.2) is 17.8 Å². The first-order valence-electron chi connectivity index (χ1n) is 6.24. The lowest BCUT2D eigenvalue weighted by Crippen LogP contribution is -2.23. The summed E-state index contributed by atoms with van der Waals surface area (Å²) in [5, 5.41) is 11.9. The van der Waals surface area contributed by atoms with E-state index in [2.05, 4.69) is 15.0 Å². The molecule has 114 valence electrons. The van der Waals surface area contributed by atoms with Gasteiger partial charge >= 0.3 is 0 Å². The maximum Gasteiger partial charge on any atom is 0.242 e. The Morgan fingerprint density at radius 3 is 2.82 bits per heavy atom. The van der Waals surface area contributed by atoms with Crippen molar-refractivity contribution in [2.24, 2.45) is 0 Å². The fraction of sp³-hybridized carbons (Fsp3) is 0.0769. The Balaban J connectivity index is 1.74. The predicted molar refractivity (Wildman–Crippen MR) is 84.7 cm³/mol. The molecule has 0 saturated carbocycles. The molecular formula is C13H11ClN4O2S2. The molecule has 3 rings (SSSR count). The average Bonchev–Trinajstić information content (AvgIpc) is 3.17. The van der Waals surface area contributed by atoms with Gasteiger partial charge in [0.25, 0.3) is 0 Å². The summed E-state index contributed by atoms with van der Waals surface area (Å²) in [5.41, 5.74) is 1.40. The number of sulfonamides is 1. The molecule has 2 heterocycles. The van der Waals surface area contributed by atoms with E-state index in [9.17, 15) is 8.42 Å². The van der Waals surface area contributed by atoms with Gasteiger partial charge in [0.05, 0.1) is 29.1 Å². The van der Waals surface area contributed by atoms with Crippen molar-refractivity contribution >= 4 is 33.0 Å². The number of benzene rings is 1. The zero-order chi connectivity index (χ0) is 15.6. The lowest BCUT2D eigenvalue weighted by atomic mass is 10.4. The molecule has 2 aromatic heterocycles. The largest absolute Gasteiger partial charge is 0.242 e. The minimum atomic E-state index is -3.69. The zero-order valence-electron chi connectivity index (χ0n) is 11.2. The number of nitrogens with one attached hydrogen (secondary N) is 1. The number of hydrogen-bond donors (Lipinski definition) is 1. The summed E-state index contributed by atoms with van der Waals surface area (Å²) in [6.07, 6.45) is 1.68. The Kier molecular flexibility index (Phi) is 4.25. The molecule has 0 aliphatic heterocycles. The summed E-state index contributed by atoms with van der Waals surface area (Å²) < 4.78 is 28.5. The summed E-state index contributed by atoms with van der Waals surface area (Å²) in [5.74, 6) is 0. The smallest absolute Gasteiger partial charge is 0.220 e. The Morgan fingerprint density at radius 1 is 1.27 bits per heavy atom. The minimum Gasteiger partial charge on any atom is -0.220 e. The van der Waals surface area contributed by atoms with Crippen molar-refractivity contribution in [1.29, 1.82) is 0 Å². The third-order valence-corrected chi connectivity index (χ3v) is 5.45. The van der Waals surface area contributed by atoms with E-state index in [1.165, 1.54) is 12.1 Å². The fourth-order valence-electron chi connectivity index (χ4n) is 1.80. The van der Waals surface area contributed by atoms with Crippen LogP contribution in [0.1, 0.15) is 5.69 Å². The van der Waals surface area contributed by atoms with Crippen LogP contribution in [0.5, 0.6) is 0 Å². The first-order chi connectivity index (χ1) is 10.6. The maximum atomic E-state index is 12.2. The Labute approximate surface area is 136 Å². The molecule has 0 unspecified atom stereocenters. The van der Waals surface area contributed by atoms with E-state index < -0.39 is 10.0 Å². The molecule has 0 spiro atoms. The van der Waals surface area contributed by atoms with Crippen LogP contribution in [0.3, 0.4) is 0 Å². The van der Waals surface area contributed by atoms with Crippen LogP contribution in [-0.2, 0) is 16.6 Å². The van der Waals surface area contributed by atoms with Crippen LogP contribution in [0.4, 0.5) is 0 Å². The number of halogens is 1. The van der Waals surface area contributed by atoms with Crippen LogP contribution in [0.25, 0.3) is 5.69 Å². The van der Waals surface area contributed by atoms with E-state index in [1.807, 2.05) is 16.8 Å². The second kappa shape index (κ2) is 6.17. The topological polar surface area (TPSA) is 76.9 Å². The van der Waals surface area contributed by atoms with Gasteiger partial charge in [-0.2, -0.15) is 11.3 Å². The molecule has 0 fully saturated rings. The van der Waals surface area contributed by atoms with Gasteiger partial charge in [0.15, 0.2) is 0 Å². The summed E-state index contributed by atoms with van der Waals surface area (Å²) in [6.45, 7) is 0.0394. The van der Waals surface area contributed by atoms with Crippen LogP contribution in [0.2, 0.25) is 5.02 Å². The number of aromatic nitrogens is 3. The predicted octanol–water partition coefficient (Wildman–Crippen LogP) is 2.46. The highest BCUT2D eigenvalue weighted by atomic mass is 35.5. The molecule has 3 aromatic rings. The van der Waals surface area contributed by atoms with Crippen LogP contribution >= 0.6 is 22.9 Å². The molecule has 0 radical (unpaired) electrons. The first-order valence-corrected chi connectivity index (χ1v) is 9.05. The summed E-state index contributed by atoms with van der Waals surface area (Å²) in [7, 11) is -3.69. The number of hydrogen-bond acceptors (Lipinski definition) is 5. The van der Waals surface area contributed by atoms with E-state index in [-0.39, 0.29) is 16.5 Å². The highest BCUT2D eigenvalue weighted by molar-refractivity contribution is 7.89. The van der Waals surface area contributed by atoms with Gasteiger partial charge < -0.3 is 0 Å². The van der Waals surface area contributed by atoms with Crippen molar-refractivity contribution in [2.45, 2.75) is 11.4 Å². The molecule has 1 aromatic carbocycles.